The minimum Gasteiger partial charge on any atom is -0.394 e. The van der Waals surface area contributed by atoms with Gasteiger partial charge in [0, 0.05) is 0 Å². The standard InChI is InChI=1S/C30H55NO9/c1-4-6-8-9-10-13-18-24(34)29(38)31-22(23(33)17-14-11-12-16-21(3)15-7-5-2)20-39-30-28(37)27(36)26(35)25(19-32)40-30/h14,16-17,22-28,30,32-37H,4-13,15,18-20H2,1-3H3,(H,31,38)/t22-,23+,24+,25?,26+,27-,28?,30+/m0/s1. The molecule has 1 heterocycles. The smallest absolute Gasteiger partial charge is 0.249 e. The SMILES string of the molecule is CCCCCCCC[C@@H](O)C(=O)N[C@@H](CO[C@@H]1OC(CO)[C@@H](O)[C@H](O)C1O)[C@H](O)C=CCCC=C(C)CCCC. The topological polar surface area (TPSA) is 169 Å². The number of amides is 1. The molecule has 0 aromatic carbocycles. The Morgan fingerprint density at radius 1 is 0.950 bits per heavy atom. The quantitative estimate of drug-likeness (QED) is 0.0804. The number of hydrogen-bond donors (Lipinski definition) is 7. The molecule has 7 N–H and O–H groups in total. The summed E-state index contributed by atoms with van der Waals surface area (Å²) in [6, 6.07) is -0.989. The minimum absolute atomic E-state index is 0.300. The highest BCUT2D eigenvalue weighted by Crippen LogP contribution is 2.22. The number of carbonyl (C=O) groups is 1. The molecule has 10 heteroatoms. The third-order valence-corrected chi connectivity index (χ3v) is 7.25. The van der Waals surface area contributed by atoms with Gasteiger partial charge in [-0.25, -0.2) is 0 Å². The Hall–Kier alpha value is -1.37. The van der Waals surface area contributed by atoms with Crippen molar-refractivity contribution in [3.63, 3.8) is 0 Å². The van der Waals surface area contributed by atoms with Gasteiger partial charge in [-0.05, 0) is 39.0 Å². The van der Waals surface area contributed by atoms with Crippen LogP contribution in [-0.2, 0) is 14.3 Å². The molecule has 8 atom stereocenters. The second-order valence-electron chi connectivity index (χ2n) is 10.9. The van der Waals surface area contributed by atoms with Gasteiger partial charge in [-0.2, -0.15) is 0 Å². The second kappa shape index (κ2) is 21.4. The number of aliphatic hydroxyl groups is 6. The van der Waals surface area contributed by atoms with Gasteiger partial charge in [-0.15, -0.1) is 0 Å². The number of unbranched alkanes of at least 4 members (excludes halogenated alkanes) is 7. The van der Waals surface area contributed by atoms with Crippen LogP contribution in [-0.4, -0.2) is 98.7 Å². The second-order valence-corrected chi connectivity index (χ2v) is 10.9. The Morgan fingerprint density at radius 2 is 1.62 bits per heavy atom. The molecule has 2 unspecified atom stereocenters. The van der Waals surface area contributed by atoms with Crippen LogP contribution in [0.15, 0.2) is 23.8 Å². The summed E-state index contributed by atoms with van der Waals surface area (Å²) in [4.78, 5) is 12.7. The largest absolute Gasteiger partial charge is 0.394 e. The third kappa shape index (κ3) is 14.0. The van der Waals surface area contributed by atoms with Crippen LogP contribution in [0, 0.1) is 0 Å². The maximum atomic E-state index is 12.7. The van der Waals surface area contributed by atoms with Crippen LogP contribution < -0.4 is 5.32 Å². The Morgan fingerprint density at radius 3 is 2.30 bits per heavy atom. The summed E-state index contributed by atoms with van der Waals surface area (Å²) in [5, 5.41) is 63.5. The number of hydrogen-bond acceptors (Lipinski definition) is 9. The zero-order valence-corrected chi connectivity index (χ0v) is 24.7. The van der Waals surface area contributed by atoms with Crippen LogP contribution in [0.4, 0.5) is 0 Å². The first kappa shape index (κ1) is 36.7. The first-order chi connectivity index (χ1) is 19.2. The predicted molar refractivity (Wildman–Crippen MR) is 153 cm³/mol. The van der Waals surface area contributed by atoms with E-state index in [1.54, 1.807) is 6.08 Å². The summed E-state index contributed by atoms with van der Waals surface area (Å²) < 4.78 is 11.0. The zero-order chi connectivity index (χ0) is 29.9. The van der Waals surface area contributed by atoms with E-state index in [-0.39, 0.29) is 6.61 Å². The van der Waals surface area contributed by atoms with Gasteiger partial charge in [0.05, 0.1) is 25.4 Å². The number of rotatable bonds is 21. The van der Waals surface area contributed by atoms with E-state index in [1.807, 2.05) is 6.08 Å². The molecule has 40 heavy (non-hydrogen) atoms. The molecular weight excluding hydrogens is 518 g/mol. The van der Waals surface area contributed by atoms with Crippen LogP contribution in [0.25, 0.3) is 0 Å². The summed E-state index contributed by atoms with van der Waals surface area (Å²) >= 11 is 0. The molecule has 234 valence electrons. The molecule has 0 bridgehead atoms. The molecule has 10 nitrogen and oxygen atoms in total. The number of ether oxygens (including phenoxy) is 2. The highest BCUT2D eigenvalue weighted by atomic mass is 16.7. The number of allylic oxidation sites excluding steroid dienone is 3. The molecule has 1 rings (SSSR count). The summed E-state index contributed by atoms with van der Waals surface area (Å²) in [6.07, 6.45) is 7.11. The van der Waals surface area contributed by atoms with Crippen LogP contribution in [0.5, 0.6) is 0 Å². The lowest BCUT2D eigenvalue weighted by Crippen LogP contribution is -2.60. The van der Waals surface area contributed by atoms with Gasteiger partial charge >= 0.3 is 0 Å². The molecule has 0 aromatic rings. The fourth-order valence-corrected chi connectivity index (χ4v) is 4.51. The van der Waals surface area contributed by atoms with Gasteiger partial charge in [-0.3, -0.25) is 4.79 Å². The maximum Gasteiger partial charge on any atom is 0.249 e. The molecule has 0 saturated carbocycles. The Kier molecular flexibility index (Phi) is 19.6. The lowest BCUT2D eigenvalue weighted by atomic mass is 9.99. The molecule has 1 aliphatic rings. The summed E-state index contributed by atoms with van der Waals surface area (Å²) in [5.74, 6) is -0.641. The van der Waals surface area contributed by atoms with E-state index >= 15 is 0 Å². The third-order valence-electron chi connectivity index (χ3n) is 7.25. The predicted octanol–water partition coefficient (Wildman–Crippen LogP) is 2.23. The molecule has 1 fully saturated rings. The van der Waals surface area contributed by atoms with E-state index < -0.39 is 61.5 Å². The van der Waals surface area contributed by atoms with Crippen LogP contribution in [0.3, 0.4) is 0 Å². The lowest BCUT2D eigenvalue weighted by molar-refractivity contribution is -0.302. The Balaban J connectivity index is 2.77. The zero-order valence-electron chi connectivity index (χ0n) is 24.7. The van der Waals surface area contributed by atoms with Crippen molar-refractivity contribution >= 4 is 5.91 Å². The lowest BCUT2D eigenvalue weighted by Gasteiger charge is -2.40. The van der Waals surface area contributed by atoms with Crippen molar-refractivity contribution in [2.24, 2.45) is 0 Å². The maximum absolute atomic E-state index is 12.7. The van der Waals surface area contributed by atoms with Crippen molar-refractivity contribution in [2.75, 3.05) is 13.2 Å². The molecule has 0 spiro atoms. The summed E-state index contributed by atoms with van der Waals surface area (Å²) in [5.41, 5.74) is 1.33. The first-order valence-corrected chi connectivity index (χ1v) is 15.1. The number of carbonyl (C=O) groups excluding carboxylic acids is 1. The minimum atomic E-state index is -1.61. The monoisotopic (exact) mass is 573 g/mol. The Bertz CT molecular complexity index is 730. The number of aliphatic hydroxyl groups excluding tert-OH is 6. The molecule has 0 radical (unpaired) electrons. The van der Waals surface area contributed by atoms with E-state index in [0.29, 0.717) is 19.3 Å². The summed E-state index contributed by atoms with van der Waals surface area (Å²) in [7, 11) is 0. The van der Waals surface area contributed by atoms with Crippen molar-refractivity contribution in [2.45, 2.75) is 147 Å². The van der Waals surface area contributed by atoms with Gasteiger partial charge in [-0.1, -0.05) is 82.6 Å². The van der Waals surface area contributed by atoms with Gasteiger partial charge in [0.25, 0.3) is 0 Å². The van der Waals surface area contributed by atoms with Crippen LogP contribution in [0.2, 0.25) is 0 Å². The molecular formula is C30H55NO9. The fourth-order valence-electron chi connectivity index (χ4n) is 4.51. The molecule has 0 aromatic heterocycles. The van der Waals surface area contributed by atoms with Crippen molar-refractivity contribution in [1.29, 1.82) is 0 Å². The summed E-state index contributed by atoms with van der Waals surface area (Å²) in [6.45, 7) is 5.48. The van der Waals surface area contributed by atoms with Crippen molar-refractivity contribution < 1.29 is 44.9 Å². The number of nitrogens with one attached hydrogen (secondary N) is 1. The highest BCUT2D eigenvalue weighted by Gasteiger charge is 2.44. The average Bonchev–Trinajstić information content (AvgIpc) is 2.94. The van der Waals surface area contributed by atoms with E-state index in [0.717, 1.165) is 51.4 Å². The molecule has 1 aliphatic heterocycles. The highest BCUT2D eigenvalue weighted by molar-refractivity contribution is 5.80. The van der Waals surface area contributed by atoms with E-state index in [1.165, 1.54) is 12.0 Å². The van der Waals surface area contributed by atoms with Gasteiger partial charge in [0.15, 0.2) is 6.29 Å². The molecule has 0 aliphatic carbocycles. The van der Waals surface area contributed by atoms with Crippen LogP contribution >= 0.6 is 0 Å². The van der Waals surface area contributed by atoms with Crippen molar-refractivity contribution in [1.82, 2.24) is 5.32 Å². The molecule has 1 saturated heterocycles. The van der Waals surface area contributed by atoms with Gasteiger partial charge < -0.3 is 45.4 Å². The van der Waals surface area contributed by atoms with Crippen molar-refractivity contribution in [3.05, 3.63) is 23.8 Å². The normalized spacial score (nSPS) is 26.1. The van der Waals surface area contributed by atoms with E-state index in [4.69, 9.17) is 9.47 Å². The van der Waals surface area contributed by atoms with E-state index in [2.05, 4.69) is 32.2 Å². The molecule has 1 amide bonds. The van der Waals surface area contributed by atoms with Gasteiger partial charge in [0.2, 0.25) is 5.91 Å². The van der Waals surface area contributed by atoms with E-state index in [9.17, 15) is 35.4 Å². The van der Waals surface area contributed by atoms with Crippen LogP contribution in [0.1, 0.15) is 97.8 Å². The Labute approximate surface area is 240 Å². The van der Waals surface area contributed by atoms with Crippen molar-refractivity contribution in [3.8, 4) is 0 Å². The fraction of sp³-hybridized carbons (Fsp3) is 0.833. The average molecular weight is 574 g/mol. The first-order valence-electron chi connectivity index (χ1n) is 15.1. The van der Waals surface area contributed by atoms with Gasteiger partial charge in [0.1, 0.15) is 30.5 Å².